The molecule has 0 aliphatic heterocycles. The zero-order chi connectivity index (χ0) is 13.7. The van der Waals surface area contributed by atoms with Gasteiger partial charge in [0.25, 0.3) is 5.91 Å². The van der Waals surface area contributed by atoms with Crippen LogP contribution in [0.4, 0.5) is 0 Å². The average Bonchev–Trinajstić information content (AvgIpc) is 2.68. The van der Waals surface area contributed by atoms with Crippen LogP contribution in [0, 0.1) is 6.92 Å². The van der Waals surface area contributed by atoms with Crippen LogP contribution in [0.15, 0.2) is 6.07 Å². The van der Waals surface area contributed by atoms with Crippen molar-refractivity contribution in [1.82, 2.24) is 10.2 Å². The number of amides is 2. The third kappa shape index (κ3) is 3.84. The number of nitrogens with zero attached hydrogens (tertiary/aromatic N) is 1. The summed E-state index contributed by atoms with van der Waals surface area (Å²) in [6.07, 6.45) is 2.06. The summed E-state index contributed by atoms with van der Waals surface area (Å²) >= 11 is 1.49. The van der Waals surface area contributed by atoms with Gasteiger partial charge in [0.15, 0.2) is 0 Å². The summed E-state index contributed by atoms with van der Waals surface area (Å²) in [5.74, 6) is -0.272. The van der Waals surface area contributed by atoms with E-state index in [2.05, 4.69) is 12.2 Å². The second kappa shape index (κ2) is 6.54. The van der Waals surface area contributed by atoms with Crippen LogP contribution in [0.2, 0.25) is 0 Å². The maximum Gasteiger partial charge on any atom is 0.261 e. The number of thiophene rings is 1. The Balaban J connectivity index is 2.62. The van der Waals surface area contributed by atoms with Gasteiger partial charge in [0, 0.05) is 19.0 Å². The van der Waals surface area contributed by atoms with Gasteiger partial charge in [-0.3, -0.25) is 9.59 Å². The molecule has 0 atom stereocenters. The van der Waals surface area contributed by atoms with Gasteiger partial charge in [-0.2, -0.15) is 0 Å². The number of aryl methyl sites for hydroxylation is 2. The Hall–Kier alpha value is -1.36. The molecule has 0 aromatic carbocycles. The highest BCUT2D eigenvalue weighted by atomic mass is 32.1. The van der Waals surface area contributed by atoms with E-state index in [4.69, 9.17) is 0 Å². The van der Waals surface area contributed by atoms with Crippen molar-refractivity contribution in [3.8, 4) is 0 Å². The molecule has 1 N–H and O–H groups in total. The van der Waals surface area contributed by atoms with E-state index in [9.17, 15) is 9.59 Å². The van der Waals surface area contributed by atoms with Gasteiger partial charge in [-0.15, -0.1) is 11.3 Å². The van der Waals surface area contributed by atoms with Crippen LogP contribution < -0.4 is 5.32 Å². The van der Waals surface area contributed by atoms with Crippen molar-refractivity contribution in [3.63, 3.8) is 0 Å². The fraction of sp³-hybridized carbons (Fsp3) is 0.538. The predicted octanol–water partition coefficient (Wildman–Crippen LogP) is 1.83. The number of hydrogen-bond acceptors (Lipinski definition) is 3. The number of carbonyl (C=O) groups excluding carboxylic acids is 2. The van der Waals surface area contributed by atoms with E-state index in [-0.39, 0.29) is 18.4 Å². The highest BCUT2D eigenvalue weighted by Gasteiger charge is 2.13. The summed E-state index contributed by atoms with van der Waals surface area (Å²) in [5.41, 5.74) is 1.23. The first kappa shape index (κ1) is 14.7. The Kier molecular flexibility index (Phi) is 5.34. The molecule has 0 unspecified atom stereocenters. The standard InChI is InChI=1S/C13H20N2O2S/c1-5-6-10-7-11(18-9(10)2)13(17)14-8-12(16)15(3)4/h7H,5-6,8H2,1-4H3,(H,14,17). The molecular formula is C13H20N2O2S. The van der Waals surface area contributed by atoms with Gasteiger partial charge in [-0.05, 0) is 25.0 Å². The molecule has 1 aromatic heterocycles. The van der Waals surface area contributed by atoms with Gasteiger partial charge in [0.1, 0.15) is 0 Å². The van der Waals surface area contributed by atoms with Crippen LogP contribution in [-0.4, -0.2) is 37.4 Å². The molecule has 0 saturated carbocycles. The molecular weight excluding hydrogens is 248 g/mol. The normalized spacial score (nSPS) is 10.2. The van der Waals surface area contributed by atoms with E-state index in [0.717, 1.165) is 12.8 Å². The molecule has 5 heteroatoms. The summed E-state index contributed by atoms with van der Waals surface area (Å²) in [4.78, 5) is 26.6. The molecule has 0 radical (unpaired) electrons. The van der Waals surface area contributed by atoms with Gasteiger partial charge in [-0.1, -0.05) is 13.3 Å². The largest absolute Gasteiger partial charge is 0.347 e. The molecule has 1 heterocycles. The number of carbonyl (C=O) groups is 2. The van der Waals surface area contributed by atoms with E-state index < -0.39 is 0 Å². The Morgan fingerprint density at radius 3 is 2.61 bits per heavy atom. The SMILES string of the molecule is CCCc1cc(C(=O)NCC(=O)N(C)C)sc1C. The van der Waals surface area contributed by atoms with Crippen molar-refractivity contribution >= 4 is 23.2 Å². The van der Waals surface area contributed by atoms with E-state index in [1.54, 1.807) is 14.1 Å². The molecule has 1 rings (SSSR count). The van der Waals surface area contributed by atoms with E-state index in [1.807, 2.05) is 13.0 Å². The highest BCUT2D eigenvalue weighted by molar-refractivity contribution is 7.14. The van der Waals surface area contributed by atoms with Crippen LogP contribution in [0.5, 0.6) is 0 Å². The predicted molar refractivity (Wildman–Crippen MR) is 74.1 cm³/mol. The zero-order valence-corrected chi connectivity index (χ0v) is 12.2. The lowest BCUT2D eigenvalue weighted by Crippen LogP contribution is -2.35. The zero-order valence-electron chi connectivity index (χ0n) is 11.4. The van der Waals surface area contributed by atoms with Gasteiger partial charge < -0.3 is 10.2 Å². The third-order valence-corrected chi connectivity index (χ3v) is 3.75. The van der Waals surface area contributed by atoms with Crippen molar-refractivity contribution < 1.29 is 9.59 Å². The number of likely N-dealkylation sites (N-methyl/N-ethyl adjacent to an activating group) is 1. The number of rotatable bonds is 5. The quantitative estimate of drug-likeness (QED) is 0.885. The van der Waals surface area contributed by atoms with Gasteiger partial charge >= 0.3 is 0 Å². The van der Waals surface area contributed by atoms with Crippen LogP contribution in [0.3, 0.4) is 0 Å². The lowest BCUT2D eigenvalue weighted by molar-refractivity contribution is -0.127. The van der Waals surface area contributed by atoms with E-state index in [0.29, 0.717) is 4.88 Å². The van der Waals surface area contributed by atoms with E-state index in [1.165, 1.54) is 26.7 Å². The molecule has 0 fully saturated rings. The van der Waals surface area contributed by atoms with Gasteiger partial charge in [-0.25, -0.2) is 0 Å². The summed E-state index contributed by atoms with van der Waals surface area (Å²) in [6.45, 7) is 4.19. The summed E-state index contributed by atoms with van der Waals surface area (Å²) < 4.78 is 0. The molecule has 0 saturated heterocycles. The minimum atomic E-state index is -0.166. The topological polar surface area (TPSA) is 49.4 Å². The Labute approximate surface area is 112 Å². The number of nitrogens with one attached hydrogen (secondary N) is 1. The monoisotopic (exact) mass is 268 g/mol. The second-order valence-electron chi connectivity index (χ2n) is 4.41. The van der Waals surface area contributed by atoms with Crippen molar-refractivity contribution in [1.29, 1.82) is 0 Å². The summed E-state index contributed by atoms with van der Waals surface area (Å²) in [5, 5.41) is 2.64. The van der Waals surface area contributed by atoms with Crippen molar-refractivity contribution in [2.24, 2.45) is 0 Å². The van der Waals surface area contributed by atoms with Crippen LogP contribution >= 0.6 is 11.3 Å². The fourth-order valence-electron chi connectivity index (χ4n) is 1.55. The first-order chi connectivity index (χ1) is 8.45. The second-order valence-corrected chi connectivity index (χ2v) is 5.67. The minimum Gasteiger partial charge on any atom is -0.347 e. The Morgan fingerprint density at radius 1 is 1.39 bits per heavy atom. The summed E-state index contributed by atoms with van der Waals surface area (Å²) in [7, 11) is 3.34. The third-order valence-electron chi connectivity index (χ3n) is 2.66. The molecule has 4 nitrogen and oxygen atoms in total. The first-order valence-corrected chi connectivity index (χ1v) is 6.85. The molecule has 0 spiro atoms. The van der Waals surface area contributed by atoms with Gasteiger partial charge in [0.05, 0.1) is 11.4 Å². The Bertz CT molecular complexity index is 438. The minimum absolute atomic E-state index is 0.0475. The van der Waals surface area contributed by atoms with Crippen molar-refractivity contribution in [2.75, 3.05) is 20.6 Å². The highest BCUT2D eigenvalue weighted by Crippen LogP contribution is 2.22. The van der Waals surface area contributed by atoms with E-state index >= 15 is 0 Å². The van der Waals surface area contributed by atoms with Crippen molar-refractivity contribution in [3.05, 3.63) is 21.4 Å². The maximum absolute atomic E-state index is 11.9. The number of hydrogen-bond donors (Lipinski definition) is 1. The van der Waals surface area contributed by atoms with Gasteiger partial charge in [0.2, 0.25) is 5.91 Å². The van der Waals surface area contributed by atoms with Crippen LogP contribution in [-0.2, 0) is 11.2 Å². The molecule has 18 heavy (non-hydrogen) atoms. The molecule has 100 valence electrons. The summed E-state index contributed by atoms with van der Waals surface area (Å²) in [6, 6.07) is 1.93. The molecule has 0 aliphatic rings. The molecule has 1 aromatic rings. The molecule has 0 aliphatic carbocycles. The fourth-order valence-corrected chi connectivity index (χ4v) is 2.54. The maximum atomic E-state index is 11.9. The lowest BCUT2D eigenvalue weighted by Gasteiger charge is -2.10. The van der Waals surface area contributed by atoms with Crippen LogP contribution in [0.25, 0.3) is 0 Å². The first-order valence-electron chi connectivity index (χ1n) is 6.03. The van der Waals surface area contributed by atoms with Crippen molar-refractivity contribution in [2.45, 2.75) is 26.7 Å². The lowest BCUT2D eigenvalue weighted by atomic mass is 10.1. The average molecular weight is 268 g/mol. The molecule has 2 amide bonds. The Morgan fingerprint density at radius 2 is 2.06 bits per heavy atom. The smallest absolute Gasteiger partial charge is 0.261 e. The molecule has 0 bridgehead atoms. The van der Waals surface area contributed by atoms with Crippen LogP contribution in [0.1, 0.15) is 33.5 Å².